The Morgan fingerprint density at radius 2 is 2.17 bits per heavy atom. The van der Waals surface area contributed by atoms with E-state index >= 15 is 0 Å². The number of carbonyl (C=O) groups is 2. The molecule has 23 heavy (non-hydrogen) atoms. The van der Waals surface area contributed by atoms with Gasteiger partial charge in [0.05, 0.1) is 25.4 Å². The van der Waals surface area contributed by atoms with Crippen LogP contribution in [-0.2, 0) is 14.3 Å². The zero-order valence-corrected chi connectivity index (χ0v) is 15.3. The summed E-state index contributed by atoms with van der Waals surface area (Å²) in [6.45, 7) is 1.98. The molecule has 2 amide bonds. The van der Waals surface area contributed by atoms with Crippen LogP contribution in [0.25, 0.3) is 0 Å². The molecule has 8 heteroatoms. The summed E-state index contributed by atoms with van der Waals surface area (Å²) in [6, 6.07) is 7.38. The number of benzene rings is 1. The number of amides is 2. The number of hydrogen-bond donors (Lipinski definition) is 2. The number of halogens is 2. The Morgan fingerprint density at radius 1 is 1.43 bits per heavy atom. The molecule has 1 heterocycles. The number of carbonyl (C=O) groups excluding carboxylic acids is 2. The molecule has 0 aliphatic carbocycles. The molecule has 1 unspecified atom stereocenters. The van der Waals surface area contributed by atoms with Gasteiger partial charge in [0.15, 0.2) is 0 Å². The molecule has 6 nitrogen and oxygen atoms in total. The van der Waals surface area contributed by atoms with Crippen molar-refractivity contribution in [2.45, 2.75) is 12.5 Å². The lowest BCUT2D eigenvalue weighted by Gasteiger charge is -2.25. The van der Waals surface area contributed by atoms with E-state index in [2.05, 4.69) is 26.6 Å². The van der Waals surface area contributed by atoms with Gasteiger partial charge < -0.3 is 20.3 Å². The van der Waals surface area contributed by atoms with Crippen molar-refractivity contribution in [1.82, 2.24) is 10.2 Å². The lowest BCUT2D eigenvalue weighted by molar-refractivity contribution is -0.134. The summed E-state index contributed by atoms with van der Waals surface area (Å²) >= 11 is 3.37. The number of anilines is 1. The van der Waals surface area contributed by atoms with Crippen LogP contribution in [0.2, 0.25) is 0 Å². The smallest absolute Gasteiger partial charge is 0.244 e. The van der Waals surface area contributed by atoms with Gasteiger partial charge in [-0.1, -0.05) is 12.1 Å². The van der Waals surface area contributed by atoms with Crippen molar-refractivity contribution in [2.24, 2.45) is 0 Å². The highest BCUT2D eigenvalue weighted by molar-refractivity contribution is 9.10. The van der Waals surface area contributed by atoms with Gasteiger partial charge >= 0.3 is 0 Å². The summed E-state index contributed by atoms with van der Waals surface area (Å²) in [6.07, 6.45) is 0.332. The topological polar surface area (TPSA) is 70.7 Å². The third-order valence-corrected chi connectivity index (χ3v) is 4.07. The average Bonchev–Trinajstić information content (AvgIpc) is 2.50. The second-order valence-corrected chi connectivity index (χ2v) is 6.06. The summed E-state index contributed by atoms with van der Waals surface area (Å²) < 4.78 is 6.12. The fourth-order valence-corrected chi connectivity index (χ4v) is 2.56. The van der Waals surface area contributed by atoms with Gasteiger partial charge in [-0.3, -0.25) is 9.59 Å². The second-order valence-electron chi connectivity index (χ2n) is 5.21. The van der Waals surface area contributed by atoms with Crippen LogP contribution in [-0.4, -0.2) is 56.1 Å². The molecule has 0 aromatic heterocycles. The Kier molecular flexibility index (Phi) is 8.54. The van der Waals surface area contributed by atoms with Crippen molar-refractivity contribution in [3.63, 3.8) is 0 Å². The van der Waals surface area contributed by atoms with E-state index in [0.717, 1.165) is 11.0 Å². The molecule has 0 radical (unpaired) electrons. The molecule has 1 fully saturated rings. The van der Waals surface area contributed by atoms with Gasteiger partial charge in [-0.15, -0.1) is 12.4 Å². The maximum atomic E-state index is 12.1. The molecule has 0 spiro atoms. The first-order valence-corrected chi connectivity index (χ1v) is 7.95. The predicted octanol–water partition coefficient (Wildman–Crippen LogP) is 1.65. The van der Waals surface area contributed by atoms with Crippen molar-refractivity contribution in [2.75, 3.05) is 38.7 Å². The molecule has 1 aliphatic rings. The number of hydrogen-bond acceptors (Lipinski definition) is 4. The lowest BCUT2D eigenvalue weighted by atomic mass is 10.2. The average molecular weight is 407 g/mol. The number of rotatable bonds is 5. The maximum absolute atomic E-state index is 12.1. The molecule has 0 bridgehead atoms. The largest absolute Gasteiger partial charge is 0.378 e. The third kappa shape index (κ3) is 6.47. The number of ether oxygens (including phenoxy) is 1. The van der Waals surface area contributed by atoms with Crippen LogP contribution < -0.4 is 10.6 Å². The van der Waals surface area contributed by atoms with Crippen molar-refractivity contribution in [3.05, 3.63) is 28.7 Å². The predicted molar refractivity (Wildman–Crippen MR) is 94.9 cm³/mol. The monoisotopic (exact) mass is 405 g/mol. The molecule has 1 saturated heterocycles. The second kappa shape index (κ2) is 9.87. The van der Waals surface area contributed by atoms with E-state index in [1.54, 1.807) is 13.1 Å². The van der Waals surface area contributed by atoms with E-state index in [1.807, 2.05) is 18.2 Å². The summed E-state index contributed by atoms with van der Waals surface area (Å²) in [5.41, 5.74) is 0.690. The SMILES string of the molecule is CN(CC(=O)Nc1ccccc1Br)C(=O)CC1COCCN1.Cl. The van der Waals surface area contributed by atoms with Crippen molar-refractivity contribution >= 4 is 45.8 Å². The van der Waals surface area contributed by atoms with Gasteiger partial charge in [0, 0.05) is 30.5 Å². The Labute approximate surface area is 150 Å². The first-order chi connectivity index (χ1) is 10.6. The summed E-state index contributed by atoms with van der Waals surface area (Å²) in [4.78, 5) is 25.5. The Bertz CT molecular complexity index is 538. The summed E-state index contributed by atoms with van der Waals surface area (Å²) in [5, 5.41) is 6.01. The highest BCUT2D eigenvalue weighted by Gasteiger charge is 2.20. The highest BCUT2D eigenvalue weighted by atomic mass is 79.9. The fraction of sp³-hybridized carbons (Fsp3) is 0.467. The van der Waals surface area contributed by atoms with Crippen LogP contribution in [0.1, 0.15) is 6.42 Å². The molecule has 1 aromatic carbocycles. The molecule has 1 aliphatic heterocycles. The van der Waals surface area contributed by atoms with Gasteiger partial charge in [-0.2, -0.15) is 0 Å². The van der Waals surface area contributed by atoms with Crippen LogP contribution in [0.4, 0.5) is 5.69 Å². The standard InChI is InChI=1S/C15H20BrN3O3.ClH/c1-19(15(21)8-11-10-22-7-6-17-11)9-14(20)18-13-5-3-2-4-12(13)16;/h2-5,11,17H,6-10H2,1H3,(H,18,20);1H. The van der Waals surface area contributed by atoms with Crippen LogP contribution in [0.15, 0.2) is 28.7 Å². The molecule has 128 valence electrons. The van der Waals surface area contributed by atoms with Gasteiger partial charge in [-0.05, 0) is 28.1 Å². The fourth-order valence-electron chi connectivity index (χ4n) is 2.17. The Hall–Kier alpha value is -1.15. The first kappa shape index (κ1) is 19.9. The van der Waals surface area contributed by atoms with Crippen molar-refractivity contribution in [3.8, 4) is 0 Å². The van der Waals surface area contributed by atoms with Gasteiger partial charge in [-0.25, -0.2) is 0 Å². The van der Waals surface area contributed by atoms with Crippen molar-refractivity contribution < 1.29 is 14.3 Å². The Morgan fingerprint density at radius 3 is 2.83 bits per heavy atom. The minimum Gasteiger partial charge on any atom is -0.378 e. The third-order valence-electron chi connectivity index (χ3n) is 3.37. The Balaban J connectivity index is 0.00000264. The summed E-state index contributed by atoms with van der Waals surface area (Å²) in [7, 11) is 1.63. The van der Waals surface area contributed by atoms with E-state index in [1.165, 1.54) is 4.90 Å². The lowest BCUT2D eigenvalue weighted by Crippen LogP contribution is -2.45. The maximum Gasteiger partial charge on any atom is 0.244 e. The zero-order chi connectivity index (χ0) is 15.9. The minimum atomic E-state index is -0.226. The van der Waals surface area contributed by atoms with Gasteiger partial charge in [0.25, 0.3) is 0 Å². The van der Waals surface area contributed by atoms with Crippen LogP contribution in [0.5, 0.6) is 0 Å². The summed E-state index contributed by atoms with van der Waals surface area (Å²) in [5.74, 6) is -0.305. The van der Waals surface area contributed by atoms with Crippen LogP contribution in [0, 0.1) is 0 Å². The number of morpholine rings is 1. The van der Waals surface area contributed by atoms with Crippen LogP contribution >= 0.6 is 28.3 Å². The first-order valence-electron chi connectivity index (χ1n) is 7.15. The molecule has 0 saturated carbocycles. The number of nitrogens with zero attached hydrogens (tertiary/aromatic N) is 1. The van der Waals surface area contributed by atoms with Gasteiger partial charge in [0.1, 0.15) is 0 Å². The molecular weight excluding hydrogens is 386 g/mol. The zero-order valence-electron chi connectivity index (χ0n) is 12.9. The molecule has 2 N–H and O–H groups in total. The van der Waals surface area contributed by atoms with E-state index in [-0.39, 0.29) is 36.8 Å². The van der Waals surface area contributed by atoms with Gasteiger partial charge in [0.2, 0.25) is 11.8 Å². The van der Waals surface area contributed by atoms with E-state index in [4.69, 9.17) is 4.74 Å². The van der Waals surface area contributed by atoms with Crippen LogP contribution in [0.3, 0.4) is 0 Å². The number of nitrogens with one attached hydrogen (secondary N) is 2. The molecule has 1 atom stereocenters. The van der Waals surface area contributed by atoms with E-state index < -0.39 is 0 Å². The van der Waals surface area contributed by atoms with Crippen molar-refractivity contribution in [1.29, 1.82) is 0 Å². The number of para-hydroxylation sites is 1. The quantitative estimate of drug-likeness (QED) is 0.780. The molecule has 2 rings (SSSR count). The molecular formula is C15H21BrClN3O3. The normalized spacial score (nSPS) is 17.0. The highest BCUT2D eigenvalue weighted by Crippen LogP contribution is 2.20. The minimum absolute atomic E-state index is 0. The number of likely N-dealkylation sites (N-methyl/N-ethyl adjacent to an activating group) is 1. The van der Waals surface area contributed by atoms with E-state index in [0.29, 0.717) is 25.3 Å². The molecule has 1 aromatic rings. The van der Waals surface area contributed by atoms with E-state index in [9.17, 15) is 9.59 Å².